The van der Waals surface area contributed by atoms with Crippen LogP contribution in [0.5, 0.6) is 0 Å². The van der Waals surface area contributed by atoms with E-state index >= 15 is 0 Å². The van der Waals surface area contributed by atoms with Crippen LogP contribution in [0.3, 0.4) is 0 Å². The molecule has 1 aliphatic heterocycles. The average molecular weight is 266 g/mol. The molecule has 96 valence electrons. The molecular formula is C13H15FN2OS. The standard InChI is InChI=1S/C13H15FN2OS/c14-10-3-4-12-11(6-10)16-13(18-12)15-7-9-2-1-5-17-8-9/h3-4,6,9H,1-2,5,7-8H2,(H,15,16). The van der Waals surface area contributed by atoms with Crippen LogP contribution in [-0.4, -0.2) is 24.7 Å². The van der Waals surface area contributed by atoms with Gasteiger partial charge >= 0.3 is 0 Å². The number of aromatic nitrogens is 1. The Labute approximate surface area is 109 Å². The molecule has 1 unspecified atom stereocenters. The van der Waals surface area contributed by atoms with Gasteiger partial charge in [-0.25, -0.2) is 9.37 Å². The SMILES string of the molecule is Fc1ccc2sc(NCC3CCCOC3)nc2c1. The highest BCUT2D eigenvalue weighted by Gasteiger charge is 2.14. The topological polar surface area (TPSA) is 34.1 Å². The van der Waals surface area contributed by atoms with Crippen molar-refractivity contribution >= 4 is 26.7 Å². The van der Waals surface area contributed by atoms with Gasteiger partial charge in [0.05, 0.1) is 16.8 Å². The second-order valence-electron chi connectivity index (χ2n) is 4.60. The van der Waals surface area contributed by atoms with E-state index in [0.717, 1.165) is 41.5 Å². The summed E-state index contributed by atoms with van der Waals surface area (Å²) >= 11 is 1.56. The van der Waals surface area contributed by atoms with E-state index in [0.29, 0.717) is 5.92 Å². The molecule has 1 aromatic heterocycles. The Morgan fingerprint density at radius 1 is 1.50 bits per heavy atom. The first-order valence-corrected chi connectivity index (χ1v) is 7.00. The zero-order valence-corrected chi connectivity index (χ0v) is 10.8. The summed E-state index contributed by atoms with van der Waals surface area (Å²) in [6.07, 6.45) is 2.34. The number of hydrogen-bond donors (Lipinski definition) is 1. The summed E-state index contributed by atoms with van der Waals surface area (Å²) in [5, 5.41) is 4.19. The molecule has 1 aromatic carbocycles. The average Bonchev–Trinajstić information content (AvgIpc) is 2.79. The number of benzene rings is 1. The van der Waals surface area contributed by atoms with Gasteiger partial charge in [0, 0.05) is 19.2 Å². The molecule has 1 atom stereocenters. The number of rotatable bonds is 3. The predicted octanol–water partition coefficient (Wildman–Crippen LogP) is 3.27. The number of fused-ring (bicyclic) bond motifs is 1. The summed E-state index contributed by atoms with van der Waals surface area (Å²) in [7, 11) is 0. The summed E-state index contributed by atoms with van der Waals surface area (Å²) in [6, 6.07) is 4.72. The van der Waals surface area contributed by atoms with Gasteiger partial charge in [-0.15, -0.1) is 0 Å². The number of nitrogens with one attached hydrogen (secondary N) is 1. The van der Waals surface area contributed by atoms with Gasteiger partial charge in [0.2, 0.25) is 0 Å². The second-order valence-corrected chi connectivity index (χ2v) is 5.63. The lowest BCUT2D eigenvalue weighted by Gasteiger charge is -2.21. The van der Waals surface area contributed by atoms with Gasteiger partial charge in [-0.2, -0.15) is 0 Å². The largest absolute Gasteiger partial charge is 0.381 e. The molecule has 18 heavy (non-hydrogen) atoms. The Bertz CT molecular complexity index is 537. The van der Waals surface area contributed by atoms with Gasteiger partial charge in [-0.3, -0.25) is 0 Å². The summed E-state index contributed by atoms with van der Waals surface area (Å²) < 4.78 is 19.5. The van der Waals surface area contributed by atoms with Crippen LogP contribution in [0.25, 0.3) is 10.2 Å². The molecule has 3 nitrogen and oxygen atoms in total. The summed E-state index contributed by atoms with van der Waals surface area (Å²) in [5.41, 5.74) is 0.724. The fourth-order valence-electron chi connectivity index (χ4n) is 2.18. The molecule has 5 heteroatoms. The molecule has 0 aliphatic carbocycles. The number of ether oxygens (including phenoxy) is 1. The van der Waals surface area contributed by atoms with E-state index in [2.05, 4.69) is 10.3 Å². The van der Waals surface area contributed by atoms with Gasteiger partial charge in [0.15, 0.2) is 5.13 Å². The third kappa shape index (κ3) is 2.62. The Kier molecular flexibility index (Phi) is 3.43. The van der Waals surface area contributed by atoms with E-state index in [4.69, 9.17) is 4.74 Å². The molecule has 3 rings (SSSR count). The van der Waals surface area contributed by atoms with Gasteiger partial charge < -0.3 is 10.1 Å². The maximum atomic E-state index is 13.1. The minimum absolute atomic E-state index is 0.236. The Morgan fingerprint density at radius 2 is 2.44 bits per heavy atom. The van der Waals surface area contributed by atoms with E-state index in [1.807, 2.05) is 0 Å². The molecule has 0 spiro atoms. The molecule has 1 N–H and O–H groups in total. The zero-order chi connectivity index (χ0) is 12.4. The lowest BCUT2D eigenvalue weighted by Crippen LogP contribution is -2.24. The van der Waals surface area contributed by atoms with Crippen molar-refractivity contribution in [2.24, 2.45) is 5.92 Å². The number of nitrogens with zero attached hydrogens (tertiary/aromatic N) is 1. The zero-order valence-electron chi connectivity index (χ0n) is 9.99. The molecule has 2 aromatic rings. The summed E-state index contributed by atoms with van der Waals surface area (Å²) in [5.74, 6) is 0.322. The fourth-order valence-corrected chi connectivity index (χ4v) is 3.03. The lowest BCUT2D eigenvalue weighted by atomic mass is 10.0. The molecule has 0 saturated carbocycles. The van der Waals surface area contributed by atoms with Crippen molar-refractivity contribution in [2.75, 3.05) is 25.1 Å². The first kappa shape index (κ1) is 11.9. The van der Waals surface area contributed by atoms with Crippen LogP contribution in [0.2, 0.25) is 0 Å². The molecule has 2 heterocycles. The number of thiazole rings is 1. The second kappa shape index (κ2) is 5.20. The number of halogens is 1. The van der Waals surface area contributed by atoms with Gasteiger partial charge in [0.25, 0.3) is 0 Å². The number of anilines is 1. The highest BCUT2D eigenvalue weighted by atomic mass is 32.1. The van der Waals surface area contributed by atoms with E-state index in [1.165, 1.54) is 18.6 Å². The molecule has 1 fully saturated rings. The quantitative estimate of drug-likeness (QED) is 0.925. The van der Waals surface area contributed by atoms with Crippen molar-refractivity contribution in [3.8, 4) is 0 Å². The molecule has 1 aliphatic rings. The maximum absolute atomic E-state index is 13.1. The minimum Gasteiger partial charge on any atom is -0.381 e. The summed E-state index contributed by atoms with van der Waals surface area (Å²) in [4.78, 5) is 4.38. The van der Waals surface area contributed by atoms with E-state index in [1.54, 1.807) is 17.4 Å². The van der Waals surface area contributed by atoms with Gasteiger partial charge in [-0.1, -0.05) is 11.3 Å². The van der Waals surface area contributed by atoms with Crippen LogP contribution in [0.15, 0.2) is 18.2 Å². The van der Waals surface area contributed by atoms with Gasteiger partial charge in [0.1, 0.15) is 5.82 Å². The predicted molar refractivity (Wildman–Crippen MR) is 71.6 cm³/mol. The van der Waals surface area contributed by atoms with E-state index in [9.17, 15) is 4.39 Å². The van der Waals surface area contributed by atoms with Crippen molar-refractivity contribution in [3.63, 3.8) is 0 Å². The minimum atomic E-state index is -0.236. The normalized spacial score (nSPS) is 20.2. The van der Waals surface area contributed by atoms with Crippen LogP contribution in [-0.2, 0) is 4.74 Å². The molecule has 1 saturated heterocycles. The van der Waals surface area contributed by atoms with Crippen LogP contribution in [0, 0.1) is 11.7 Å². The van der Waals surface area contributed by atoms with Crippen molar-refractivity contribution in [1.82, 2.24) is 4.98 Å². The van der Waals surface area contributed by atoms with Crippen LogP contribution in [0.4, 0.5) is 9.52 Å². The maximum Gasteiger partial charge on any atom is 0.183 e. The van der Waals surface area contributed by atoms with Crippen molar-refractivity contribution in [1.29, 1.82) is 0 Å². The van der Waals surface area contributed by atoms with Crippen LogP contribution in [0.1, 0.15) is 12.8 Å². The Hall–Kier alpha value is -1.20. The van der Waals surface area contributed by atoms with Crippen LogP contribution >= 0.6 is 11.3 Å². The molecule has 0 amide bonds. The third-order valence-electron chi connectivity index (χ3n) is 3.15. The third-order valence-corrected chi connectivity index (χ3v) is 4.14. The van der Waals surface area contributed by atoms with E-state index in [-0.39, 0.29) is 5.82 Å². The monoisotopic (exact) mass is 266 g/mol. The molecule has 0 radical (unpaired) electrons. The smallest absolute Gasteiger partial charge is 0.183 e. The Morgan fingerprint density at radius 3 is 3.28 bits per heavy atom. The van der Waals surface area contributed by atoms with Crippen LogP contribution < -0.4 is 5.32 Å². The molecule has 0 bridgehead atoms. The van der Waals surface area contributed by atoms with Gasteiger partial charge in [-0.05, 0) is 30.9 Å². The van der Waals surface area contributed by atoms with E-state index < -0.39 is 0 Å². The first-order chi connectivity index (χ1) is 8.81. The number of hydrogen-bond acceptors (Lipinski definition) is 4. The van der Waals surface area contributed by atoms with Crippen molar-refractivity contribution in [2.45, 2.75) is 12.8 Å². The molecular weight excluding hydrogens is 251 g/mol. The lowest BCUT2D eigenvalue weighted by molar-refractivity contribution is 0.0595. The first-order valence-electron chi connectivity index (χ1n) is 6.19. The van der Waals surface area contributed by atoms with Crippen molar-refractivity contribution < 1.29 is 9.13 Å². The highest BCUT2D eigenvalue weighted by Crippen LogP contribution is 2.26. The highest BCUT2D eigenvalue weighted by molar-refractivity contribution is 7.22. The van der Waals surface area contributed by atoms with Crippen molar-refractivity contribution in [3.05, 3.63) is 24.0 Å². The Balaban J connectivity index is 1.67. The fraction of sp³-hybridized carbons (Fsp3) is 0.462. The summed E-state index contributed by atoms with van der Waals surface area (Å²) in [6.45, 7) is 2.59.